The Morgan fingerprint density at radius 2 is 1.71 bits per heavy atom. The molecule has 4 aliphatic carbocycles. The summed E-state index contributed by atoms with van der Waals surface area (Å²) >= 11 is 1.99. The van der Waals surface area contributed by atoms with E-state index in [0.717, 1.165) is 23.3 Å². The Morgan fingerprint density at radius 3 is 2.42 bits per heavy atom. The molecule has 0 amide bonds. The first-order chi connectivity index (χ1) is 11.7. The Bertz CT molecular complexity index is 730. The van der Waals surface area contributed by atoms with Crippen LogP contribution in [0.15, 0.2) is 35.4 Å². The molecule has 4 bridgehead atoms. The highest BCUT2D eigenvalue weighted by molar-refractivity contribution is 7.99. The monoisotopic (exact) mass is 337 g/mol. The number of thioether (sulfide) groups is 1. The van der Waals surface area contributed by atoms with E-state index in [1.54, 1.807) is 19.3 Å². The predicted molar refractivity (Wildman–Crippen MR) is 102 cm³/mol. The van der Waals surface area contributed by atoms with Crippen molar-refractivity contribution >= 4 is 22.7 Å². The van der Waals surface area contributed by atoms with Gasteiger partial charge in [-0.05, 0) is 92.7 Å². The molecule has 2 heteroatoms. The van der Waals surface area contributed by atoms with Crippen molar-refractivity contribution in [2.45, 2.75) is 56.9 Å². The molecular formula is C22H27NS. The van der Waals surface area contributed by atoms with Crippen LogP contribution in [0.5, 0.6) is 0 Å². The van der Waals surface area contributed by atoms with Gasteiger partial charge in [0.05, 0.1) is 10.5 Å². The molecule has 0 N–H and O–H groups in total. The van der Waals surface area contributed by atoms with Crippen LogP contribution in [-0.2, 0) is 0 Å². The lowest BCUT2D eigenvalue weighted by molar-refractivity contribution is -0.0538. The molecule has 0 saturated heterocycles. The fourth-order valence-corrected chi connectivity index (χ4v) is 7.53. The standard InChI is InChI=1S/C22H27NS/c1-15-8-21(23-20-5-3-2-4-19(15)20)24-7-6-22-12-16-9-17(13-22)11-18(10-16)14-22/h2-5,8,16-18H,6-7,9-14H2,1H3. The maximum atomic E-state index is 4.88. The fourth-order valence-electron chi connectivity index (χ4n) is 6.36. The normalized spacial score (nSPS) is 34.1. The molecule has 0 aliphatic heterocycles. The number of rotatable bonds is 4. The topological polar surface area (TPSA) is 12.9 Å². The number of benzene rings is 1. The SMILES string of the molecule is Cc1cc(SCCC23CC4CC(CC(C4)C2)C3)nc2ccccc12. The number of hydrogen-bond donors (Lipinski definition) is 0. The van der Waals surface area contributed by atoms with E-state index in [4.69, 9.17) is 4.98 Å². The van der Waals surface area contributed by atoms with Gasteiger partial charge in [-0.1, -0.05) is 18.2 Å². The molecule has 0 unspecified atom stereocenters. The van der Waals surface area contributed by atoms with Gasteiger partial charge in [0.2, 0.25) is 0 Å². The summed E-state index contributed by atoms with van der Waals surface area (Å²) in [5, 5.41) is 2.51. The average Bonchev–Trinajstić information content (AvgIpc) is 2.53. The van der Waals surface area contributed by atoms with Gasteiger partial charge < -0.3 is 0 Å². The number of pyridine rings is 1. The fraction of sp³-hybridized carbons (Fsp3) is 0.591. The first-order valence-electron chi connectivity index (χ1n) is 9.68. The third-order valence-corrected chi connectivity index (χ3v) is 7.86. The van der Waals surface area contributed by atoms with Crippen LogP contribution in [0.3, 0.4) is 0 Å². The summed E-state index contributed by atoms with van der Waals surface area (Å²) in [7, 11) is 0. The van der Waals surface area contributed by atoms with E-state index >= 15 is 0 Å². The summed E-state index contributed by atoms with van der Waals surface area (Å²) in [5.41, 5.74) is 3.21. The van der Waals surface area contributed by atoms with Crippen molar-refractivity contribution in [1.29, 1.82) is 0 Å². The van der Waals surface area contributed by atoms with Gasteiger partial charge in [-0.2, -0.15) is 0 Å². The molecule has 2 aromatic rings. The number of aromatic nitrogens is 1. The van der Waals surface area contributed by atoms with Crippen LogP contribution < -0.4 is 0 Å². The summed E-state index contributed by atoms with van der Waals surface area (Å²) in [6, 6.07) is 10.8. The molecule has 126 valence electrons. The van der Waals surface area contributed by atoms with Gasteiger partial charge in [0.1, 0.15) is 0 Å². The zero-order valence-corrected chi connectivity index (χ0v) is 15.4. The van der Waals surface area contributed by atoms with E-state index in [0.29, 0.717) is 5.41 Å². The minimum absolute atomic E-state index is 0.702. The minimum Gasteiger partial charge on any atom is -0.241 e. The van der Waals surface area contributed by atoms with Crippen molar-refractivity contribution in [2.75, 3.05) is 5.75 Å². The predicted octanol–water partition coefficient (Wildman–Crippen LogP) is 6.24. The van der Waals surface area contributed by atoms with Crippen LogP contribution in [0.2, 0.25) is 0 Å². The Balaban J connectivity index is 1.28. The van der Waals surface area contributed by atoms with Gasteiger partial charge in [0.15, 0.2) is 0 Å². The zero-order valence-electron chi connectivity index (χ0n) is 14.6. The molecule has 6 rings (SSSR count). The highest BCUT2D eigenvalue weighted by Gasteiger charge is 2.50. The smallest absolute Gasteiger partial charge is 0.0970 e. The first kappa shape index (κ1) is 15.3. The first-order valence-corrected chi connectivity index (χ1v) is 10.7. The van der Waals surface area contributed by atoms with Crippen LogP contribution >= 0.6 is 11.8 Å². The van der Waals surface area contributed by atoms with Gasteiger partial charge in [-0.3, -0.25) is 0 Å². The van der Waals surface area contributed by atoms with Crippen molar-refractivity contribution in [3.05, 3.63) is 35.9 Å². The van der Waals surface area contributed by atoms with Crippen molar-refractivity contribution in [3.8, 4) is 0 Å². The van der Waals surface area contributed by atoms with Gasteiger partial charge in [-0.25, -0.2) is 4.98 Å². The number of hydrogen-bond acceptors (Lipinski definition) is 2. The number of nitrogens with zero attached hydrogens (tertiary/aromatic N) is 1. The molecule has 1 aromatic carbocycles. The summed E-state index contributed by atoms with van der Waals surface area (Å²) in [4.78, 5) is 4.88. The van der Waals surface area contributed by atoms with Crippen molar-refractivity contribution in [2.24, 2.45) is 23.2 Å². The van der Waals surface area contributed by atoms with Gasteiger partial charge in [-0.15, -0.1) is 11.8 Å². The van der Waals surface area contributed by atoms with Crippen LogP contribution in [0.1, 0.15) is 50.5 Å². The highest BCUT2D eigenvalue weighted by Crippen LogP contribution is 2.61. The second kappa shape index (κ2) is 5.76. The van der Waals surface area contributed by atoms with Crippen molar-refractivity contribution in [3.63, 3.8) is 0 Å². The lowest BCUT2D eigenvalue weighted by Gasteiger charge is -2.57. The van der Waals surface area contributed by atoms with E-state index in [1.165, 1.54) is 47.4 Å². The highest BCUT2D eigenvalue weighted by atomic mass is 32.2. The van der Waals surface area contributed by atoms with E-state index in [9.17, 15) is 0 Å². The summed E-state index contributed by atoms with van der Waals surface area (Å²) < 4.78 is 0. The van der Waals surface area contributed by atoms with Crippen LogP contribution in [0, 0.1) is 30.1 Å². The number of para-hydroxylation sites is 1. The lowest BCUT2D eigenvalue weighted by Crippen LogP contribution is -2.46. The van der Waals surface area contributed by atoms with E-state index in [1.807, 2.05) is 11.8 Å². The van der Waals surface area contributed by atoms with Crippen LogP contribution in [0.4, 0.5) is 0 Å². The third kappa shape index (κ3) is 2.67. The molecule has 1 heterocycles. The second-order valence-corrected chi connectivity index (χ2v) is 9.93. The van der Waals surface area contributed by atoms with Gasteiger partial charge in [0, 0.05) is 11.1 Å². The van der Waals surface area contributed by atoms with Gasteiger partial charge >= 0.3 is 0 Å². The Labute approximate surface area is 149 Å². The van der Waals surface area contributed by atoms with Crippen molar-refractivity contribution in [1.82, 2.24) is 4.98 Å². The Morgan fingerprint density at radius 1 is 1.04 bits per heavy atom. The largest absolute Gasteiger partial charge is 0.241 e. The van der Waals surface area contributed by atoms with E-state index < -0.39 is 0 Å². The number of fused-ring (bicyclic) bond motifs is 1. The number of aryl methyl sites for hydroxylation is 1. The van der Waals surface area contributed by atoms with E-state index in [2.05, 4.69) is 37.3 Å². The van der Waals surface area contributed by atoms with Crippen LogP contribution in [-0.4, -0.2) is 10.7 Å². The molecule has 0 radical (unpaired) electrons. The van der Waals surface area contributed by atoms with E-state index in [-0.39, 0.29) is 0 Å². The molecule has 1 aromatic heterocycles. The Hall–Kier alpha value is -1.02. The van der Waals surface area contributed by atoms with Crippen molar-refractivity contribution < 1.29 is 0 Å². The summed E-state index contributed by atoms with van der Waals surface area (Å²) in [6.07, 6.45) is 10.7. The second-order valence-electron chi connectivity index (χ2n) is 8.81. The minimum atomic E-state index is 0.702. The van der Waals surface area contributed by atoms with Gasteiger partial charge in [0.25, 0.3) is 0 Å². The molecule has 0 atom stereocenters. The molecule has 24 heavy (non-hydrogen) atoms. The third-order valence-electron chi connectivity index (χ3n) is 6.95. The molecular weight excluding hydrogens is 310 g/mol. The quantitative estimate of drug-likeness (QED) is 0.612. The molecule has 0 spiro atoms. The van der Waals surface area contributed by atoms with Crippen LogP contribution in [0.25, 0.3) is 10.9 Å². The molecule has 1 nitrogen and oxygen atoms in total. The molecule has 4 fully saturated rings. The Kier molecular flexibility index (Phi) is 3.66. The molecule has 4 aliphatic rings. The zero-order chi connectivity index (χ0) is 16.1. The summed E-state index contributed by atoms with van der Waals surface area (Å²) in [6.45, 7) is 2.22. The molecule has 4 saturated carbocycles. The summed E-state index contributed by atoms with van der Waals surface area (Å²) in [5.74, 6) is 4.46. The average molecular weight is 338 g/mol. The maximum Gasteiger partial charge on any atom is 0.0970 e. The lowest BCUT2D eigenvalue weighted by atomic mass is 9.49. The maximum absolute atomic E-state index is 4.88.